The number of carbonyl (C=O) groups excluding carboxylic acids is 1. The lowest BCUT2D eigenvalue weighted by atomic mass is 10.2. The monoisotopic (exact) mass is 429 g/mol. The van der Waals surface area contributed by atoms with Crippen LogP contribution in [0.15, 0.2) is 59.6 Å². The van der Waals surface area contributed by atoms with E-state index in [9.17, 15) is 13.2 Å². The third-order valence-electron chi connectivity index (χ3n) is 4.65. The van der Waals surface area contributed by atoms with Crippen molar-refractivity contribution in [3.63, 3.8) is 0 Å². The van der Waals surface area contributed by atoms with Crippen LogP contribution in [-0.2, 0) is 16.6 Å². The maximum atomic E-state index is 12.6. The van der Waals surface area contributed by atoms with Crippen LogP contribution in [0, 0.1) is 0 Å². The van der Waals surface area contributed by atoms with Crippen LogP contribution in [0.5, 0.6) is 5.75 Å². The van der Waals surface area contributed by atoms with Gasteiger partial charge in [-0.15, -0.1) is 0 Å². The van der Waals surface area contributed by atoms with Crippen LogP contribution in [0.4, 0.5) is 0 Å². The van der Waals surface area contributed by atoms with Gasteiger partial charge in [0.1, 0.15) is 10.6 Å². The molecule has 0 unspecified atom stereocenters. The Balaban J connectivity index is 1.64. The fourth-order valence-electron chi connectivity index (χ4n) is 3.29. The number of rotatable bonds is 9. The first kappa shape index (κ1) is 21.9. The molecule has 0 atom stereocenters. The van der Waals surface area contributed by atoms with E-state index in [0.29, 0.717) is 6.54 Å². The molecule has 160 valence electrons. The Kier molecular flexibility index (Phi) is 6.79. The first-order chi connectivity index (χ1) is 14.3. The minimum absolute atomic E-state index is 0.0508. The first-order valence-corrected chi connectivity index (χ1v) is 11.3. The number of ether oxygens (including phenoxy) is 1. The smallest absolute Gasteiger partial charge is 0.251 e. The highest BCUT2D eigenvalue weighted by molar-refractivity contribution is 7.89. The summed E-state index contributed by atoms with van der Waals surface area (Å²) in [6.07, 6.45) is 2.79. The number of aromatic nitrogens is 1. The number of sulfonamides is 1. The molecule has 0 fully saturated rings. The molecule has 3 rings (SSSR count). The minimum atomic E-state index is -3.79. The molecule has 0 radical (unpaired) electrons. The zero-order valence-corrected chi connectivity index (χ0v) is 18.2. The second-order valence-electron chi connectivity index (χ2n) is 7.32. The number of benzene rings is 2. The second-order valence-corrected chi connectivity index (χ2v) is 9.00. The van der Waals surface area contributed by atoms with Gasteiger partial charge in [0.15, 0.2) is 0 Å². The molecule has 0 saturated carbocycles. The van der Waals surface area contributed by atoms with Crippen molar-refractivity contribution in [1.82, 2.24) is 14.6 Å². The topological polar surface area (TPSA) is 89.4 Å². The highest BCUT2D eigenvalue weighted by Gasteiger charge is 2.22. The lowest BCUT2D eigenvalue weighted by Crippen LogP contribution is -2.31. The van der Waals surface area contributed by atoms with E-state index in [4.69, 9.17) is 4.74 Å². The molecule has 0 aliphatic carbocycles. The lowest BCUT2D eigenvalue weighted by molar-refractivity contribution is 0.0952. The standard InChI is InChI=1S/C22H27N3O4S/c1-16(2)24-30(27,28)21-15-18(9-10-20(21)29-3)22(26)23-12-6-13-25-14-11-17-7-4-5-8-19(17)25/h4-5,7-11,14-16,24H,6,12-13H2,1-3H3,(H,23,26). The molecule has 8 heteroatoms. The molecule has 0 saturated heterocycles. The van der Waals surface area contributed by atoms with E-state index < -0.39 is 10.0 Å². The molecular weight excluding hydrogens is 402 g/mol. The Bertz CT molecular complexity index is 1140. The van der Waals surface area contributed by atoms with E-state index >= 15 is 0 Å². The third-order valence-corrected chi connectivity index (χ3v) is 6.33. The van der Waals surface area contributed by atoms with Gasteiger partial charge in [0, 0.05) is 36.4 Å². The highest BCUT2D eigenvalue weighted by Crippen LogP contribution is 2.25. The van der Waals surface area contributed by atoms with Crippen LogP contribution in [0.1, 0.15) is 30.6 Å². The summed E-state index contributed by atoms with van der Waals surface area (Å²) in [7, 11) is -2.39. The number of nitrogens with one attached hydrogen (secondary N) is 2. The van der Waals surface area contributed by atoms with Crippen LogP contribution >= 0.6 is 0 Å². The largest absolute Gasteiger partial charge is 0.495 e. The molecule has 0 aliphatic heterocycles. The number of hydrogen-bond donors (Lipinski definition) is 2. The van der Waals surface area contributed by atoms with Crippen LogP contribution < -0.4 is 14.8 Å². The van der Waals surface area contributed by atoms with Gasteiger partial charge in [-0.05, 0) is 56.0 Å². The molecule has 1 heterocycles. The maximum absolute atomic E-state index is 12.6. The SMILES string of the molecule is COc1ccc(C(=O)NCCCn2ccc3ccccc32)cc1S(=O)(=O)NC(C)C. The van der Waals surface area contributed by atoms with Gasteiger partial charge in [0.25, 0.3) is 5.91 Å². The molecule has 2 aromatic carbocycles. The van der Waals surface area contributed by atoms with Gasteiger partial charge in [-0.25, -0.2) is 13.1 Å². The van der Waals surface area contributed by atoms with Crippen molar-refractivity contribution in [3.05, 3.63) is 60.3 Å². The quantitative estimate of drug-likeness (QED) is 0.512. The molecule has 7 nitrogen and oxygen atoms in total. The summed E-state index contributed by atoms with van der Waals surface area (Å²) in [5.74, 6) is -0.129. The Labute approximate surface area is 177 Å². The van der Waals surface area contributed by atoms with Crippen LogP contribution in [0.3, 0.4) is 0 Å². The fourth-order valence-corrected chi connectivity index (χ4v) is 4.74. The number of amides is 1. The van der Waals surface area contributed by atoms with E-state index in [1.165, 1.54) is 24.6 Å². The molecule has 0 bridgehead atoms. The van der Waals surface area contributed by atoms with Crippen molar-refractivity contribution < 1.29 is 17.9 Å². The van der Waals surface area contributed by atoms with Crippen molar-refractivity contribution in [3.8, 4) is 5.75 Å². The number of carbonyl (C=O) groups is 1. The predicted octanol–water partition coefficient (Wildman–Crippen LogP) is 3.16. The van der Waals surface area contributed by atoms with Crippen molar-refractivity contribution in [2.75, 3.05) is 13.7 Å². The number of fused-ring (bicyclic) bond motifs is 1. The molecule has 1 aromatic heterocycles. The zero-order valence-electron chi connectivity index (χ0n) is 17.4. The fraction of sp³-hybridized carbons (Fsp3) is 0.318. The van der Waals surface area contributed by atoms with Gasteiger partial charge >= 0.3 is 0 Å². The second kappa shape index (κ2) is 9.32. The van der Waals surface area contributed by atoms with Gasteiger partial charge in [-0.3, -0.25) is 4.79 Å². The van der Waals surface area contributed by atoms with Gasteiger partial charge < -0.3 is 14.6 Å². The lowest BCUT2D eigenvalue weighted by Gasteiger charge is -2.14. The maximum Gasteiger partial charge on any atom is 0.251 e. The van der Waals surface area contributed by atoms with Crippen molar-refractivity contribution in [2.24, 2.45) is 0 Å². The number of methoxy groups -OCH3 is 1. The third kappa shape index (κ3) is 5.01. The van der Waals surface area contributed by atoms with Gasteiger partial charge in [-0.1, -0.05) is 18.2 Å². The normalized spacial score (nSPS) is 11.7. The summed E-state index contributed by atoms with van der Waals surface area (Å²) in [6, 6.07) is 14.3. The van der Waals surface area contributed by atoms with E-state index in [2.05, 4.69) is 32.8 Å². The Morgan fingerprint density at radius 1 is 1.13 bits per heavy atom. The predicted molar refractivity (Wildman–Crippen MR) is 117 cm³/mol. The number of para-hydroxylation sites is 1. The summed E-state index contributed by atoms with van der Waals surface area (Å²) in [5, 5.41) is 4.04. The Morgan fingerprint density at radius 3 is 2.63 bits per heavy atom. The zero-order chi connectivity index (χ0) is 21.7. The van der Waals surface area contributed by atoms with E-state index in [1.54, 1.807) is 19.9 Å². The molecular formula is C22H27N3O4S. The van der Waals surface area contributed by atoms with Crippen molar-refractivity contribution in [2.45, 2.75) is 37.8 Å². The molecule has 2 N–H and O–H groups in total. The molecule has 0 aliphatic rings. The summed E-state index contributed by atoms with van der Waals surface area (Å²) in [5.41, 5.74) is 1.43. The average Bonchev–Trinajstić information content (AvgIpc) is 3.12. The van der Waals surface area contributed by atoms with Gasteiger partial charge in [-0.2, -0.15) is 0 Å². The Hall–Kier alpha value is -2.84. The molecule has 30 heavy (non-hydrogen) atoms. The number of nitrogens with zero attached hydrogens (tertiary/aromatic N) is 1. The summed E-state index contributed by atoms with van der Waals surface area (Å²) in [4.78, 5) is 12.5. The molecule has 1 amide bonds. The van der Waals surface area contributed by atoms with Crippen LogP contribution in [0.25, 0.3) is 10.9 Å². The van der Waals surface area contributed by atoms with Crippen LogP contribution in [0.2, 0.25) is 0 Å². The summed E-state index contributed by atoms with van der Waals surface area (Å²) >= 11 is 0. The first-order valence-electron chi connectivity index (χ1n) is 9.84. The van der Waals surface area contributed by atoms with Crippen LogP contribution in [-0.4, -0.2) is 38.6 Å². The van der Waals surface area contributed by atoms with E-state index in [-0.39, 0.29) is 28.2 Å². The van der Waals surface area contributed by atoms with Crippen molar-refractivity contribution >= 4 is 26.8 Å². The average molecular weight is 430 g/mol. The number of aryl methyl sites for hydroxylation is 1. The highest BCUT2D eigenvalue weighted by atomic mass is 32.2. The van der Waals surface area contributed by atoms with Gasteiger partial charge in [0.05, 0.1) is 7.11 Å². The summed E-state index contributed by atoms with van der Waals surface area (Å²) < 4.78 is 35.0. The van der Waals surface area contributed by atoms with Gasteiger partial charge in [0.2, 0.25) is 10.0 Å². The molecule has 3 aromatic rings. The van der Waals surface area contributed by atoms with E-state index in [1.807, 2.05) is 18.3 Å². The van der Waals surface area contributed by atoms with Crippen molar-refractivity contribution in [1.29, 1.82) is 0 Å². The van der Waals surface area contributed by atoms with E-state index in [0.717, 1.165) is 18.5 Å². The Morgan fingerprint density at radius 2 is 1.90 bits per heavy atom. The summed E-state index contributed by atoms with van der Waals surface area (Å²) in [6.45, 7) is 4.71. The minimum Gasteiger partial charge on any atom is -0.495 e. The number of hydrogen-bond acceptors (Lipinski definition) is 4. The molecule has 0 spiro atoms.